The van der Waals surface area contributed by atoms with Gasteiger partial charge in [0, 0.05) is 0 Å². The lowest BCUT2D eigenvalue weighted by Crippen LogP contribution is -2.23. The molecule has 1 rings (SSSR count). The highest BCUT2D eigenvalue weighted by molar-refractivity contribution is 5.90. The largest absolute Gasteiger partial charge is 0.422 e. The molecule has 0 amide bonds. The third-order valence-electron chi connectivity index (χ3n) is 1.63. The van der Waals surface area contributed by atoms with Gasteiger partial charge >= 0.3 is 12.1 Å². The molecular weight excluding hydrogens is 228 g/mol. The predicted molar refractivity (Wildman–Crippen MR) is 47.2 cm³/mol. The third kappa shape index (κ3) is 2.82. The smallest absolute Gasteiger partial charge is 0.420 e. The lowest BCUT2D eigenvalue weighted by molar-refractivity contribution is -0.142. The van der Waals surface area contributed by atoms with Crippen LogP contribution >= 0.6 is 0 Å². The first-order valence-electron chi connectivity index (χ1n) is 4.05. The number of para-hydroxylation sites is 1. The molecular formula is C10H6F4O2. The van der Waals surface area contributed by atoms with Crippen LogP contribution in [0.5, 0.6) is 5.75 Å². The fourth-order valence-electron chi connectivity index (χ4n) is 0.805. The van der Waals surface area contributed by atoms with Gasteiger partial charge in [-0.25, -0.2) is 9.18 Å². The lowest BCUT2D eigenvalue weighted by Gasteiger charge is -2.09. The second kappa shape index (κ2) is 4.34. The maximum absolute atomic E-state index is 12.9. The first kappa shape index (κ1) is 12.2. The number of alkyl halides is 3. The Kier molecular flexibility index (Phi) is 3.31. The Bertz CT molecular complexity index is 423. The van der Waals surface area contributed by atoms with Crippen LogP contribution < -0.4 is 4.74 Å². The van der Waals surface area contributed by atoms with E-state index < -0.39 is 29.3 Å². The quantitative estimate of drug-likeness (QED) is 0.340. The number of halogens is 4. The Labute approximate surface area is 88.1 Å². The van der Waals surface area contributed by atoms with Gasteiger partial charge in [-0.1, -0.05) is 18.7 Å². The molecule has 0 heterocycles. The van der Waals surface area contributed by atoms with E-state index in [-0.39, 0.29) is 0 Å². The number of esters is 1. The Morgan fingerprint density at radius 1 is 1.25 bits per heavy atom. The van der Waals surface area contributed by atoms with Crippen LogP contribution in [0.3, 0.4) is 0 Å². The predicted octanol–water partition coefficient (Wildman–Crippen LogP) is 2.85. The number of carbonyl (C=O) groups is 1. The molecule has 0 saturated carbocycles. The van der Waals surface area contributed by atoms with E-state index in [4.69, 9.17) is 0 Å². The first-order chi connectivity index (χ1) is 7.32. The van der Waals surface area contributed by atoms with Crippen LogP contribution in [0, 0.1) is 5.82 Å². The molecule has 0 radical (unpaired) electrons. The van der Waals surface area contributed by atoms with Gasteiger partial charge in [-0.2, -0.15) is 13.2 Å². The topological polar surface area (TPSA) is 26.3 Å². The summed E-state index contributed by atoms with van der Waals surface area (Å²) in [5, 5.41) is 0. The van der Waals surface area contributed by atoms with Crippen LogP contribution in [0.2, 0.25) is 0 Å². The molecule has 0 aliphatic carbocycles. The van der Waals surface area contributed by atoms with E-state index in [0.717, 1.165) is 12.1 Å². The van der Waals surface area contributed by atoms with Gasteiger partial charge in [-0.3, -0.25) is 0 Å². The molecule has 2 nitrogen and oxygen atoms in total. The van der Waals surface area contributed by atoms with Crippen LogP contribution in [0.15, 0.2) is 36.4 Å². The van der Waals surface area contributed by atoms with Gasteiger partial charge in [0.25, 0.3) is 0 Å². The normalized spacial score (nSPS) is 11.0. The Morgan fingerprint density at radius 2 is 1.81 bits per heavy atom. The summed E-state index contributed by atoms with van der Waals surface area (Å²) in [5.74, 6) is -3.22. The van der Waals surface area contributed by atoms with Gasteiger partial charge in [0.05, 0.1) is 0 Å². The molecule has 0 fully saturated rings. The first-order valence-corrected chi connectivity index (χ1v) is 4.05. The molecule has 0 bridgehead atoms. The zero-order valence-corrected chi connectivity index (χ0v) is 7.84. The van der Waals surface area contributed by atoms with E-state index in [9.17, 15) is 22.4 Å². The van der Waals surface area contributed by atoms with Gasteiger partial charge in [-0.15, -0.1) is 0 Å². The maximum Gasteiger partial charge on any atom is 0.422 e. The van der Waals surface area contributed by atoms with Crippen molar-refractivity contribution in [3.8, 4) is 5.75 Å². The average molecular weight is 234 g/mol. The lowest BCUT2D eigenvalue weighted by atomic mass is 10.3. The molecule has 1 aromatic carbocycles. The SMILES string of the molecule is C=C(C(=O)Oc1ccccc1F)C(F)(F)F. The van der Waals surface area contributed by atoms with Crippen molar-refractivity contribution in [2.75, 3.05) is 0 Å². The minimum atomic E-state index is -4.89. The summed E-state index contributed by atoms with van der Waals surface area (Å²) < 4.78 is 53.1. The maximum atomic E-state index is 12.9. The summed E-state index contributed by atoms with van der Waals surface area (Å²) in [4.78, 5) is 10.9. The second-order valence-electron chi connectivity index (χ2n) is 2.80. The number of rotatable bonds is 2. The summed E-state index contributed by atoms with van der Waals surface area (Å²) in [6, 6.07) is 4.63. The van der Waals surface area contributed by atoms with Crippen LogP contribution in [0.1, 0.15) is 0 Å². The highest BCUT2D eigenvalue weighted by Crippen LogP contribution is 2.26. The molecule has 0 saturated heterocycles. The third-order valence-corrected chi connectivity index (χ3v) is 1.63. The van der Waals surface area contributed by atoms with Crippen molar-refractivity contribution in [1.29, 1.82) is 0 Å². The van der Waals surface area contributed by atoms with Gasteiger partial charge < -0.3 is 4.74 Å². The summed E-state index contributed by atoms with van der Waals surface area (Å²) in [5.41, 5.74) is -1.68. The Hall–Kier alpha value is -1.85. The molecule has 6 heteroatoms. The highest BCUT2D eigenvalue weighted by atomic mass is 19.4. The molecule has 0 unspecified atom stereocenters. The number of carbonyl (C=O) groups excluding carboxylic acids is 1. The molecule has 0 spiro atoms. The van der Waals surface area contributed by atoms with Crippen molar-refractivity contribution >= 4 is 5.97 Å². The average Bonchev–Trinajstić information content (AvgIpc) is 2.19. The standard InChI is InChI=1S/C10H6F4O2/c1-6(10(12,13)14)9(15)16-8-5-3-2-4-7(8)11/h2-5H,1H2. The summed E-state index contributed by atoms with van der Waals surface area (Å²) in [7, 11) is 0. The van der Waals surface area contributed by atoms with Crippen molar-refractivity contribution in [2.24, 2.45) is 0 Å². The van der Waals surface area contributed by atoms with E-state index in [1.54, 1.807) is 0 Å². The highest BCUT2D eigenvalue weighted by Gasteiger charge is 2.38. The van der Waals surface area contributed by atoms with E-state index in [1.165, 1.54) is 12.1 Å². The van der Waals surface area contributed by atoms with Gasteiger partial charge in [0.1, 0.15) is 5.57 Å². The number of hydrogen-bond donors (Lipinski definition) is 0. The van der Waals surface area contributed by atoms with E-state index in [0.29, 0.717) is 0 Å². The van der Waals surface area contributed by atoms with Crippen molar-refractivity contribution < 1.29 is 27.1 Å². The molecule has 1 aromatic rings. The van der Waals surface area contributed by atoms with Gasteiger partial charge in [0.2, 0.25) is 0 Å². The minimum Gasteiger partial charge on any atom is -0.420 e. The van der Waals surface area contributed by atoms with Gasteiger partial charge in [-0.05, 0) is 12.1 Å². The van der Waals surface area contributed by atoms with Crippen molar-refractivity contribution in [3.05, 3.63) is 42.2 Å². The Morgan fingerprint density at radius 3 is 2.31 bits per heavy atom. The van der Waals surface area contributed by atoms with Gasteiger partial charge in [0.15, 0.2) is 11.6 Å². The Balaban J connectivity index is 2.81. The molecule has 0 aliphatic rings. The van der Waals surface area contributed by atoms with Crippen LogP contribution in [0.4, 0.5) is 17.6 Å². The van der Waals surface area contributed by atoms with Crippen LogP contribution in [-0.2, 0) is 4.79 Å². The molecule has 0 aromatic heterocycles. The molecule has 0 aliphatic heterocycles. The van der Waals surface area contributed by atoms with Crippen LogP contribution in [0.25, 0.3) is 0 Å². The summed E-state index contributed by atoms with van der Waals surface area (Å²) in [6.07, 6.45) is -4.89. The summed E-state index contributed by atoms with van der Waals surface area (Å²) >= 11 is 0. The van der Waals surface area contributed by atoms with E-state index >= 15 is 0 Å². The molecule has 16 heavy (non-hydrogen) atoms. The van der Waals surface area contributed by atoms with Crippen molar-refractivity contribution in [3.63, 3.8) is 0 Å². The van der Waals surface area contributed by atoms with Crippen molar-refractivity contribution in [2.45, 2.75) is 6.18 Å². The van der Waals surface area contributed by atoms with E-state index in [2.05, 4.69) is 11.3 Å². The number of hydrogen-bond acceptors (Lipinski definition) is 2. The van der Waals surface area contributed by atoms with E-state index in [1.807, 2.05) is 0 Å². The fraction of sp³-hybridized carbons (Fsp3) is 0.100. The number of ether oxygens (including phenoxy) is 1. The minimum absolute atomic E-state index is 0.571. The molecule has 0 N–H and O–H groups in total. The van der Waals surface area contributed by atoms with Crippen molar-refractivity contribution in [1.82, 2.24) is 0 Å². The zero-order chi connectivity index (χ0) is 12.3. The molecule has 0 atom stereocenters. The second-order valence-corrected chi connectivity index (χ2v) is 2.80. The summed E-state index contributed by atoms with van der Waals surface area (Å²) in [6.45, 7) is 2.53. The fourth-order valence-corrected chi connectivity index (χ4v) is 0.805. The van der Waals surface area contributed by atoms with Crippen LogP contribution in [-0.4, -0.2) is 12.1 Å². The monoisotopic (exact) mass is 234 g/mol. The zero-order valence-electron chi connectivity index (χ0n) is 7.84. The number of benzene rings is 1. The molecule has 86 valence electrons.